The van der Waals surface area contributed by atoms with E-state index >= 15 is 0 Å². The summed E-state index contributed by atoms with van der Waals surface area (Å²) < 4.78 is 1.86. The average Bonchev–Trinajstić information content (AvgIpc) is 3.07. The van der Waals surface area contributed by atoms with Gasteiger partial charge in [-0.3, -0.25) is 14.5 Å². The van der Waals surface area contributed by atoms with E-state index < -0.39 is 0 Å². The van der Waals surface area contributed by atoms with Crippen LogP contribution in [-0.2, 0) is 17.9 Å². The fourth-order valence-electron chi connectivity index (χ4n) is 2.25. The summed E-state index contributed by atoms with van der Waals surface area (Å²) in [5, 5.41) is 7.17. The quantitative estimate of drug-likeness (QED) is 0.711. The maximum atomic E-state index is 11.8. The lowest BCUT2D eigenvalue weighted by molar-refractivity contribution is -0.116. The third-order valence-corrected chi connectivity index (χ3v) is 3.45. The molecule has 1 aromatic carbocycles. The highest BCUT2D eigenvalue weighted by molar-refractivity contribution is 5.91. The van der Waals surface area contributed by atoms with Crippen molar-refractivity contribution < 1.29 is 4.79 Å². The lowest BCUT2D eigenvalue weighted by atomic mass is 10.2. The zero-order valence-corrected chi connectivity index (χ0v) is 13.2. The Hall–Kier alpha value is -3.21. The summed E-state index contributed by atoms with van der Waals surface area (Å²) in [7, 11) is 0. The van der Waals surface area contributed by atoms with Crippen LogP contribution in [0.25, 0.3) is 6.08 Å². The van der Waals surface area contributed by atoms with Crippen LogP contribution >= 0.6 is 0 Å². The van der Waals surface area contributed by atoms with E-state index in [9.17, 15) is 4.79 Å². The van der Waals surface area contributed by atoms with Gasteiger partial charge < -0.3 is 5.32 Å². The Balaban J connectivity index is 1.50. The number of pyridine rings is 1. The maximum Gasteiger partial charge on any atom is 0.244 e. The predicted molar refractivity (Wildman–Crippen MR) is 92.9 cm³/mol. The normalized spacial score (nSPS) is 10.8. The zero-order chi connectivity index (χ0) is 16.6. The van der Waals surface area contributed by atoms with Gasteiger partial charge in [0.2, 0.25) is 5.91 Å². The van der Waals surface area contributed by atoms with Crippen molar-refractivity contribution in [1.82, 2.24) is 20.1 Å². The van der Waals surface area contributed by atoms with Gasteiger partial charge >= 0.3 is 0 Å². The van der Waals surface area contributed by atoms with Crippen molar-refractivity contribution in [3.8, 4) is 0 Å². The molecule has 0 atom stereocenters. The lowest BCUT2D eigenvalue weighted by Gasteiger charge is -2.01. The summed E-state index contributed by atoms with van der Waals surface area (Å²) in [4.78, 5) is 15.8. The summed E-state index contributed by atoms with van der Waals surface area (Å²) in [6.07, 6.45) is 10.4. The Morgan fingerprint density at radius 1 is 1.08 bits per heavy atom. The second-order valence-electron chi connectivity index (χ2n) is 5.37. The van der Waals surface area contributed by atoms with E-state index in [1.165, 1.54) is 11.6 Å². The number of nitrogens with zero attached hydrogens (tertiary/aromatic N) is 3. The van der Waals surface area contributed by atoms with Gasteiger partial charge in [-0.2, -0.15) is 5.10 Å². The van der Waals surface area contributed by atoms with Crippen molar-refractivity contribution in [2.75, 3.05) is 0 Å². The van der Waals surface area contributed by atoms with Crippen LogP contribution in [0.15, 0.2) is 73.3 Å². The molecule has 3 rings (SSSR count). The molecule has 0 aliphatic heterocycles. The van der Waals surface area contributed by atoms with Gasteiger partial charge in [-0.1, -0.05) is 36.4 Å². The first-order valence-corrected chi connectivity index (χ1v) is 7.71. The minimum absolute atomic E-state index is 0.144. The van der Waals surface area contributed by atoms with E-state index in [0.717, 1.165) is 17.7 Å². The Morgan fingerprint density at radius 2 is 1.96 bits per heavy atom. The van der Waals surface area contributed by atoms with Gasteiger partial charge in [0.15, 0.2) is 0 Å². The molecule has 0 spiro atoms. The summed E-state index contributed by atoms with van der Waals surface area (Å²) in [6, 6.07) is 13.9. The smallest absolute Gasteiger partial charge is 0.244 e. The summed E-state index contributed by atoms with van der Waals surface area (Å²) >= 11 is 0. The van der Waals surface area contributed by atoms with Crippen LogP contribution in [0.5, 0.6) is 0 Å². The van der Waals surface area contributed by atoms with Gasteiger partial charge in [-0.25, -0.2) is 0 Å². The predicted octanol–water partition coefficient (Wildman–Crippen LogP) is 2.66. The first-order chi connectivity index (χ1) is 11.8. The van der Waals surface area contributed by atoms with Crippen LogP contribution < -0.4 is 5.32 Å². The molecular formula is C19H18N4O. The first-order valence-electron chi connectivity index (χ1n) is 7.71. The Bertz CT molecular complexity index is 810. The van der Waals surface area contributed by atoms with Gasteiger partial charge in [-0.05, 0) is 23.3 Å². The molecular weight excluding hydrogens is 300 g/mol. The fraction of sp³-hybridized carbons (Fsp3) is 0.105. The Kier molecular flexibility index (Phi) is 5.14. The van der Waals surface area contributed by atoms with E-state index in [2.05, 4.69) is 27.5 Å². The number of amides is 1. The molecule has 24 heavy (non-hydrogen) atoms. The van der Waals surface area contributed by atoms with Crippen molar-refractivity contribution in [1.29, 1.82) is 0 Å². The topological polar surface area (TPSA) is 59.8 Å². The lowest BCUT2D eigenvalue weighted by Crippen LogP contribution is -2.19. The van der Waals surface area contributed by atoms with Crippen molar-refractivity contribution in [2.45, 2.75) is 13.1 Å². The number of nitrogens with one attached hydrogen (secondary N) is 1. The number of benzene rings is 1. The molecule has 0 aliphatic carbocycles. The van der Waals surface area contributed by atoms with Crippen molar-refractivity contribution in [3.05, 3.63) is 90.0 Å². The number of hydrogen-bond acceptors (Lipinski definition) is 3. The van der Waals surface area contributed by atoms with Gasteiger partial charge in [0, 0.05) is 36.8 Å². The highest BCUT2D eigenvalue weighted by Crippen LogP contribution is 2.04. The minimum Gasteiger partial charge on any atom is -0.348 e. The van der Waals surface area contributed by atoms with Crippen LogP contribution in [0.3, 0.4) is 0 Å². The van der Waals surface area contributed by atoms with Crippen LogP contribution in [0, 0.1) is 0 Å². The molecule has 0 radical (unpaired) electrons. The van der Waals surface area contributed by atoms with Gasteiger partial charge in [0.25, 0.3) is 0 Å². The van der Waals surface area contributed by atoms with Gasteiger partial charge in [0.1, 0.15) is 0 Å². The molecule has 0 aliphatic rings. The molecule has 2 aromatic heterocycles. The molecule has 1 amide bonds. The number of aromatic nitrogens is 3. The van der Waals surface area contributed by atoms with Crippen molar-refractivity contribution in [2.24, 2.45) is 0 Å². The molecule has 0 fully saturated rings. The Labute approximate surface area is 140 Å². The standard InChI is InChI=1S/C19H18N4O/c24-19(9-8-16-7-4-10-20-11-16)21-12-18-13-22-23(15-18)14-17-5-2-1-3-6-17/h1-11,13,15H,12,14H2,(H,21,24)/b9-8+. The monoisotopic (exact) mass is 318 g/mol. The highest BCUT2D eigenvalue weighted by atomic mass is 16.1. The van der Waals surface area contributed by atoms with E-state index in [1.54, 1.807) is 24.7 Å². The summed E-state index contributed by atoms with van der Waals surface area (Å²) in [5.74, 6) is -0.144. The molecule has 2 heterocycles. The molecule has 5 nitrogen and oxygen atoms in total. The number of rotatable bonds is 6. The van der Waals surface area contributed by atoms with Crippen LogP contribution in [0.2, 0.25) is 0 Å². The van der Waals surface area contributed by atoms with E-state index in [-0.39, 0.29) is 5.91 Å². The second kappa shape index (κ2) is 7.87. The van der Waals surface area contributed by atoms with Gasteiger partial charge in [-0.15, -0.1) is 0 Å². The number of carbonyl (C=O) groups is 1. The highest BCUT2D eigenvalue weighted by Gasteiger charge is 2.01. The van der Waals surface area contributed by atoms with Crippen LogP contribution in [0.4, 0.5) is 0 Å². The van der Waals surface area contributed by atoms with E-state index in [0.29, 0.717) is 6.54 Å². The molecule has 0 unspecified atom stereocenters. The fourth-order valence-corrected chi connectivity index (χ4v) is 2.25. The van der Waals surface area contributed by atoms with Gasteiger partial charge in [0.05, 0.1) is 12.7 Å². The first kappa shape index (κ1) is 15.7. The summed E-state index contributed by atoms with van der Waals surface area (Å²) in [5.41, 5.74) is 3.05. The molecule has 3 aromatic rings. The summed E-state index contributed by atoms with van der Waals surface area (Å²) in [6.45, 7) is 1.17. The molecule has 120 valence electrons. The van der Waals surface area contributed by atoms with Crippen LogP contribution in [-0.4, -0.2) is 20.7 Å². The van der Waals surface area contributed by atoms with Crippen molar-refractivity contribution >= 4 is 12.0 Å². The molecule has 0 saturated heterocycles. The zero-order valence-electron chi connectivity index (χ0n) is 13.2. The number of carbonyl (C=O) groups excluding carboxylic acids is 1. The third-order valence-electron chi connectivity index (χ3n) is 3.45. The molecule has 5 heteroatoms. The van der Waals surface area contributed by atoms with Crippen molar-refractivity contribution in [3.63, 3.8) is 0 Å². The Morgan fingerprint density at radius 3 is 2.75 bits per heavy atom. The average molecular weight is 318 g/mol. The van der Waals surface area contributed by atoms with E-state index in [4.69, 9.17) is 0 Å². The SMILES string of the molecule is O=C(/C=C/c1cccnc1)NCc1cnn(Cc2ccccc2)c1. The second-order valence-corrected chi connectivity index (χ2v) is 5.37. The maximum absolute atomic E-state index is 11.8. The minimum atomic E-state index is -0.144. The molecule has 1 N–H and O–H groups in total. The third kappa shape index (κ3) is 4.64. The largest absolute Gasteiger partial charge is 0.348 e. The molecule has 0 bridgehead atoms. The van der Waals surface area contributed by atoms with E-state index in [1.807, 2.05) is 41.2 Å². The van der Waals surface area contributed by atoms with Crippen LogP contribution in [0.1, 0.15) is 16.7 Å². The number of hydrogen-bond donors (Lipinski definition) is 1. The molecule has 0 saturated carbocycles.